The first-order valence-corrected chi connectivity index (χ1v) is 8.22. The Labute approximate surface area is 141 Å². The van der Waals surface area contributed by atoms with Crippen LogP contribution in [0.5, 0.6) is 5.75 Å². The van der Waals surface area contributed by atoms with Crippen LogP contribution < -0.4 is 15.2 Å². The Morgan fingerprint density at radius 1 is 1.17 bits per heavy atom. The predicted octanol–water partition coefficient (Wildman–Crippen LogP) is 2.84. The van der Waals surface area contributed by atoms with Crippen LogP contribution in [-0.4, -0.2) is 20.9 Å². The van der Waals surface area contributed by atoms with Gasteiger partial charge in [-0.3, -0.25) is 9.52 Å². The van der Waals surface area contributed by atoms with Gasteiger partial charge in [-0.25, -0.2) is 8.42 Å². The largest absolute Gasteiger partial charge is 0.433 e. The molecule has 0 aliphatic rings. The Kier molecular flexibility index (Phi) is 5.25. The number of ether oxygens (including phenoxy) is 1. The van der Waals surface area contributed by atoms with Crippen molar-refractivity contribution in [2.45, 2.75) is 11.5 Å². The van der Waals surface area contributed by atoms with Crippen LogP contribution in [0.2, 0.25) is 5.02 Å². The van der Waals surface area contributed by atoms with Crippen molar-refractivity contribution < 1.29 is 26.7 Å². The van der Waals surface area contributed by atoms with Crippen molar-refractivity contribution in [1.29, 1.82) is 0 Å². The number of hydrogen-bond donors (Lipinski definition) is 2. The zero-order valence-electron chi connectivity index (χ0n) is 11.9. The van der Waals surface area contributed by atoms with Gasteiger partial charge in [0, 0.05) is 5.56 Å². The quantitative estimate of drug-likeness (QED) is 0.809. The highest BCUT2D eigenvalue weighted by Crippen LogP contribution is 2.30. The summed E-state index contributed by atoms with van der Waals surface area (Å²) in [6.07, 6.45) is 0. The van der Waals surface area contributed by atoms with E-state index in [2.05, 4.69) is 9.46 Å². The Morgan fingerprint density at radius 2 is 1.79 bits per heavy atom. The highest BCUT2D eigenvalue weighted by Gasteiger charge is 2.16. The van der Waals surface area contributed by atoms with Crippen molar-refractivity contribution in [2.75, 3.05) is 4.72 Å². The van der Waals surface area contributed by atoms with Gasteiger partial charge in [-0.05, 0) is 42.5 Å². The molecule has 0 saturated carbocycles. The molecule has 10 heteroatoms. The summed E-state index contributed by atoms with van der Waals surface area (Å²) in [5.41, 5.74) is 5.29. The normalized spacial score (nSPS) is 11.3. The summed E-state index contributed by atoms with van der Waals surface area (Å²) in [6, 6.07) is 8.42. The Balaban J connectivity index is 2.22. The number of sulfonamides is 1. The molecule has 128 valence electrons. The maximum absolute atomic E-state index is 12.2. The minimum absolute atomic E-state index is 0.0561. The van der Waals surface area contributed by atoms with Gasteiger partial charge in [0.25, 0.3) is 10.0 Å². The maximum atomic E-state index is 12.2. The summed E-state index contributed by atoms with van der Waals surface area (Å²) in [6.45, 7) is -3.05. The van der Waals surface area contributed by atoms with Crippen LogP contribution in [0.15, 0.2) is 47.4 Å². The van der Waals surface area contributed by atoms with E-state index in [1.165, 1.54) is 30.3 Å². The number of carbonyl (C=O) groups excluding carboxylic acids is 1. The molecular formula is C14H11ClF2N2O4S. The van der Waals surface area contributed by atoms with Crippen LogP contribution in [0.4, 0.5) is 14.5 Å². The molecule has 24 heavy (non-hydrogen) atoms. The first-order chi connectivity index (χ1) is 11.2. The summed E-state index contributed by atoms with van der Waals surface area (Å²) < 4.78 is 55.2. The first kappa shape index (κ1) is 18.0. The maximum Gasteiger partial charge on any atom is 0.387 e. The van der Waals surface area contributed by atoms with Gasteiger partial charge in [-0.1, -0.05) is 11.6 Å². The average Bonchev–Trinajstić information content (AvgIpc) is 2.49. The van der Waals surface area contributed by atoms with E-state index in [9.17, 15) is 22.0 Å². The van der Waals surface area contributed by atoms with E-state index in [-0.39, 0.29) is 26.9 Å². The lowest BCUT2D eigenvalue weighted by Crippen LogP contribution is -2.14. The fourth-order valence-corrected chi connectivity index (χ4v) is 3.04. The third-order valence-corrected chi connectivity index (χ3v) is 4.54. The summed E-state index contributed by atoms with van der Waals surface area (Å²) in [5.74, 6) is -0.964. The first-order valence-electron chi connectivity index (χ1n) is 6.36. The number of hydrogen-bond acceptors (Lipinski definition) is 4. The highest BCUT2D eigenvalue weighted by atomic mass is 35.5. The van der Waals surface area contributed by atoms with Gasteiger partial charge in [-0.15, -0.1) is 0 Å². The van der Waals surface area contributed by atoms with Crippen molar-refractivity contribution in [3.05, 3.63) is 53.1 Å². The van der Waals surface area contributed by atoms with Gasteiger partial charge in [0.05, 0.1) is 15.6 Å². The van der Waals surface area contributed by atoms with E-state index < -0.39 is 22.5 Å². The number of amides is 1. The molecule has 0 atom stereocenters. The number of nitrogens with two attached hydrogens (primary N) is 1. The molecule has 0 spiro atoms. The van der Waals surface area contributed by atoms with Crippen LogP contribution in [-0.2, 0) is 10.0 Å². The summed E-state index contributed by atoms with van der Waals surface area (Å²) in [5, 5.41) is -0.181. The van der Waals surface area contributed by atoms with Crippen LogP contribution in [0.25, 0.3) is 0 Å². The van der Waals surface area contributed by atoms with Crippen LogP contribution in [0.3, 0.4) is 0 Å². The molecule has 2 rings (SSSR count). The smallest absolute Gasteiger partial charge is 0.387 e. The van der Waals surface area contributed by atoms with E-state index >= 15 is 0 Å². The standard InChI is InChI=1S/C14H11ClF2N2O4S/c15-11-7-9(3-6-12(11)23-14(16)17)19-24(21,22)10-4-1-8(2-5-10)13(18)20/h1-7,14,19H,(H2,18,20). The summed E-state index contributed by atoms with van der Waals surface area (Å²) >= 11 is 5.76. The molecule has 6 nitrogen and oxygen atoms in total. The van der Waals surface area contributed by atoms with Crippen molar-refractivity contribution in [2.24, 2.45) is 5.73 Å². The zero-order chi connectivity index (χ0) is 17.9. The molecule has 0 radical (unpaired) electrons. The second-order valence-electron chi connectivity index (χ2n) is 4.52. The molecule has 0 saturated heterocycles. The van der Waals surface area contributed by atoms with Gasteiger partial charge in [0.2, 0.25) is 5.91 Å². The third-order valence-electron chi connectivity index (χ3n) is 2.85. The van der Waals surface area contributed by atoms with Gasteiger partial charge in [0.15, 0.2) is 0 Å². The molecule has 0 heterocycles. The monoisotopic (exact) mass is 376 g/mol. The number of anilines is 1. The third kappa shape index (κ3) is 4.33. The molecule has 0 aliphatic carbocycles. The molecule has 2 aromatic rings. The molecule has 2 aromatic carbocycles. The van der Waals surface area contributed by atoms with Gasteiger partial charge in [-0.2, -0.15) is 8.78 Å². The van der Waals surface area contributed by atoms with Gasteiger partial charge < -0.3 is 10.5 Å². The molecule has 3 N–H and O–H groups in total. The number of halogens is 3. The Bertz CT molecular complexity index is 858. The van der Waals surface area contributed by atoms with Crippen LogP contribution in [0.1, 0.15) is 10.4 Å². The van der Waals surface area contributed by atoms with Crippen LogP contribution in [0, 0.1) is 0 Å². The molecule has 0 fully saturated rings. The lowest BCUT2D eigenvalue weighted by Gasteiger charge is -2.11. The molecule has 0 aromatic heterocycles. The van der Waals surface area contributed by atoms with Crippen molar-refractivity contribution in [3.8, 4) is 5.75 Å². The lowest BCUT2D eigenvalue weighted by atomic mass is 10.2. The van der Waals surface area contributed by atoms with E-state index in [1.54, 1.807) is 0 Å². The minimum Gasteiger partial charge on any atom is -0.433 e. The highest BCUT2D eigenvalue weighted by molar-refractivity contribution is 7.92. The van der Waals surface area contributed by atoms with E-state index in [4.69, 9.17) is 17.3 Å². The Morgan fingerprint density at radius 3 is 2.29 bits per heavy atom. The molecular weight excluding hydrogens is 366 g/mol. The van der Waals surface area contributed by atoms with Crippen LogP contribution >= 0.6 is 11.6 Å². The predicted molar refractivity (Wildman–Crippen MR) is 83.9 cm³/mol. The number of nitrogens with one attached hydrogen (secondary N) is 1. The number of alkyl halides is 2. The summed E-state index contributed by atoms with van der Waals surface area (Å²) in [4.78, 5) is 10.9. The number of carbonyl (C=O) groups is 1. The number of rotatable bonds is 6. The minimum atomic E-state index is -3.96. The van der Waals surface area contributed by atoms with Gasteiger partial charge >= 0.3 is 6.61 Å². The van der Waals surface area contributed by atoms with Crippen molar-refractivity contribution in [3.63, 3.8) is 0 Å². The summed E-state index contributed by atoms with van der Waals surface area (Å²) in [7, 11) is -3.96. The number of primary amides is 1. The lowest BCUT2D eigenvalue weighted by molar-refractivity contribution is -0.0497. The number of benzene rings is 2. The zero-order valence-corrected chi connectivity index (χ0v) is 13.4. The van der Waals surface area contributed by atoms with E-state index in [0.717, 1.165) is 12.1 Å². The van der Waals surface area contributed by atoms with E-state index in [0.29, 0.717) is 0 Å². The molecule has 0 aliphatic heterocycles. The van der Waals surface area contributed by atoms with E-state index in [1.807, 2.05) is 0 Å². The van der Waals surface area contributed by atoms with Crippen molar-refractivity contribution >= 4 is 33.2 Å². The average molecular weight is 377 g/mol. The fourth-order valence-electron chi connectivity index (χ4n) is 1.77. The SMILES string of the molecule is NC(=O)c1ccc(S(=O)(=O)Nc2ccc(OC(F)F)c(Cl)c2)cc1. The topological polar surface area (TPSA) is 98.5 Å². The second-order valence-corrected chi connectivity index (χ2v) is 6.61. The fraction of sp³-hybridized carbons (Fsp3) is 0.0714. The Hall–Kier alpha value is -2.39. The second kappa shape index (κ2) is 7.02. The van der Waals surface area contributed by atoms with Crippen molar-refractivity contribution in [1.82, 2.24) is 0 Å². The molecule has 0 bridgehead atoms. The molecule has 0 unspecified atom stereocenters. The molecule has 1 amide bonds. The van der Waals surface area contributed by atoms with Gasteiger partial charge in [0.1, 0.15) is 5.75 Å².